The van der Waals surface area contributed by atoms with Crippen LogP contribution in [0.25, 0.3) is 0 Å². The van der Waals surface area contributed by atoms with Gasteiger partial charge in [-0.25, -0.2) is 0 Å². The maximum absolute atomic E-state index is 8.80. The van der Waals surface area contributed by atoms with Gasteiger partial charge < -0.3 is 15.4 Å². The summed E-state index contributed by atoms with van der Waals surface area (Å²) in [5, 5.41) is 15.3. The molecule has 2 aromatic carbocycles. The summed E-state index contributed by atoms with van der Waals surface area (Å²) < 4.78 is 5.34. The number of nitriles is 1. The molecule has 118 valence electrons. The summed E-state index contributed by atoms with van der Waals surface area (Å²) in [5.41, 5.74) is 2.81. The van der Waals surface area contributed by atoms with Gasteiger partial charge in [0.15, 0.2) is 5.96 Å². The Morgan fingerprint density at radius 3 is 2.43 bits per heavy atom. The third-order valence-corrected chi connectivity index (χ3v) is 3.41. The molecule has 0 amide bonds. The van der Waals surface area contributed by atoms with Crippen molar-refractivity contribution in [3.8, 4) is 11.8 Å². The highest BCUT2D eigenvalue weighted by atomic mass is 16.5. The number of hydrogen-bond acceptors (Lipinski definition) is 3. The van der Waals surface area contributed by atoms with Crippen LogP contribution in [0, 0.1) is 11.3 Å². The molecule has 2 aromatic rings. The standard InChI is InChI=1S/C18H20N4O/c1-20-18(21-12-15-9-7-14(11-19)8-10-15)22-13-16-5-3-4-6-17(16)23-2/h3-10H,12-13H2,1-2H3,(H2,20,21,22). The van der Waals surface area contributed by atoms with E-state index in [0.717, 1.165) is 16.9 Å². The molecule has 23 heavy (non-hydrogen) atoms. The van der Waals surface area contributed by atoms with Crippen molar-refractivity contribution in [3.63, 3.8) is 0 Å². The van der Waals surface area contributed by atoms with Gasteiger partial charge in [0.2, 0.25) is 0 Å². The fourth-order valence-electron chi connectivity index (χ4n) is 2.13. The van der Waals surface area contributed by atoms with Gasteiger partial charge in [0.1, 0.15) is 5.75 Å². The number of hydrogen-bond donors (Lipinski definition) is 2. The first-order valence-corrected chi connectivity index (χ1v) is 7.32. The minimum atomic E-state index is 0.622. The Balaban J connectivity index is 1.89. The van der Waals surface area contributed by atoms with Crippen LogP contribution in [0.3, 0.4) is 0 Å². The second-order valence-corrected chi connectivity index (χ2v) is 4.90. The molecule has 0 bridgehead atoms. The Hall–Kier alpha value is -3.00. The van der Waals surface area contributed by atoms with Crippen LogP contribution in [0.2, 0.25) is 0 Å². The van der Waals surface area contributed by atoms with Crippen LogP contribution in [-0.4, -0.2) is 20.1 Å². The Kier molecular flexibility index (Phi) is 6.01. The highest BCUT2D eigenvalue weighted by Crippen LogP contribution is 2.16. The topological polar surface area (TPSA) is 69.4 Å². The average Bonchev–Trinajstić information content (AvgIpc) is 2.62. The van der Waals surface area contributed by atoms with Crippen molar-refractivity contribution >= 4 is 5.96 Å². The molecule has 0 fully saturated rings. The van der Waals surface area contributed by atoms with Crippen LogP contribution >= 0.6 is 0 Å². The maximum atomic E-state index is 8.80. The normalized spacial score (nSPS) is 10.7. The molecule has 2 N–H and O–H groups in total. The van der Waals surface area contributed by atoms with Crippen molar-refractivity contribution in [1.82, 2.24) is 10.6 Å². The van der Waals surface area contributed by atoms with Gasteiger partial charge in [0, 0.05) is 25.7 Å². The van der Waals surface area contributed by atoms with Crippen molar-refractivity contribution in [2.45, 2.75) is 13.1 Å². The number of para-hydroxylation sites is 1. The van der Waals surface area contributed by atoms with E-state index in [4.69, 9.17) is 10.00 Å². The summed E-state index contributed by atoms with van der Waals surface area (Å²) in [6.45, 7) is 1.26. The van der Waals surface area contributed by atoms with Crippen molar-refractivity contribution < 1.29 is 4.74 Å². The zero-order valence-electron chi connectivity index (χ0n) is 13.3. The summed E-state index contributed by atoms with van der Waals surface area (Å²) in [5.74, 6) is 1.56. The van der Waals surface area contributed by atoms with Crippen LogP contribution in [0.15, 0.2) is 53.5 Å². The number of nitrogens with one attached hydrogen (secondary N) is 2. The smallest absolute Gasteiger partial charge is 0.191 e. The molecule has 0 saturated heterocycles. The lowest BCUT2D eigenvalue weighted by Crippen LogP contribution is -2.36. The molecule has 0 spiro atoms. The number of methoxy groups -OCH3 is 1. The number of nitrogens with zero attached hydrogens (tertiary/aromatic N) is 2. The Morgan fingerprint density at radius 1 is 1.09 bits per heavy atom. The summed E-state index contributed by atoms with van der Waals surface area (Å²) in [7, 11) is 3.40. The molecule has 0 aliphatic rings. The SMILES string of the molecule is CN=C(NCc1ccc(C#N)cc1)NCc1ccccc1OC. The lowest BCUT2D eigenvalue weighted by molar-refractivity contribution is 0.409. The average molecular weight is 308 g/mol. The molecule has 0 radical (unpaired) electrons. The van der Waals surface area contributed by atoms with Crippen molar-refractivity contribution in [1.29, 1.82) is 5.26 Å². The van der Waals surface area contributed by atoms with Crippen molar-refractivity contribution in [2.24, 2.45) is 4.99 Å². The van der Waals surface area contributed by atoms with E-state index >= 15 is 0 Å². The van der Waals surface area contributed by atoms with E-state index in [0.29, 0.717) is 24.6 Å². The van der Waals surface area contributed by atoms with Crippen LogP contribution in [-0.2, 0) is 13.1 Å². The number of rotatable bonds is 5. The molecule has 0 unspecified atom stereocenters. The summed E-state index contributed by atoms with van der Waals surface area (Å²) in [4.78, 5) is 4.21. The van der Waals surface area contributed by atoms with Gasteiger partial charge in [0.05, 0.1) is 18.7 Å². The maximum Gasteiger partial charge on any atom is 0.191 e. The zero-order chi connectivity index (χ0) is 16.5. The Morgan fingerprint density at radius 2 is 1.78 bits per heavy atom. The molecule has 2 rings (SSSR count). The predicted octanol–water partition coefficient (Wildman–Crippen LogP) is 2.43. The molecule has 0 aliphatic carbocycles. The Bertz CT molecular complexity index is 702. The van der Waals surface area contributed by atoms with Crippen molar-refractivity contribution in [2.75, 3.05) is 14.2 Å². The minimum Gasteiger partial charge on any atom is -0.496 e. The first-order valence-electron chi connectivity index (χ1n) is 7.32. The van der Waals surface area contributed by atoms with Crippen LogP contribution < -0.4 is 15.4 Å². The second-order valence-electron chi connectivity index (χ2n) is 4.90. The third kappa shape index (κ3) is 4.75. The zero-order valence-corrected chi connectivity index (χ0v) is 13.3. The molecule has 0 aliphatic heterocycles. The lowest BCUT2D eigenvalue weighted by atomic mass is 10.1. The molecular formula is C18H20N4O. The van der Waals surface area contributed by atoms with E-state index in [1.165, 1.54) is 0 Å². The van der Waals surface area contributed by atoms with Gasteiger partial charge >= 0.3 is 0 Å². The van der Waals surface area contributed by atoms with E-state index in [1.807, 2.05) is 48.5 Å². The number of guanidine groups is 1. The minimum absolute atomic E-state index is 0.622. The van der Waals surface area contributed by atoms with E-state index < -0.39 is 0 Å². The monoisotopic (exact) mass is 308 g/mol. The van der Waals surface area contributed by atoms with Gasteiger partial charge in [-0.1, -0.05) is 30.3 Å². The first kappa shape index (κ1) is 16.4. The quantitative estimate of drug-likeness (QED) is 0.657. The molecular weight excluding hydrogens is 288 g/mol. The number of benzene rings is 2. The van der Waals surface area contributed by atoms with Gasteiger partial charge in [-0.15, -0.1) is 0 Å². The summed E-state index contributed by atoms with van der Waals surface area (Å²) >= 11 is 0. The lowest BCUT2D eigenvalue weighted by Gasteiger charge is -2.13. The summed E-state index contributed by atoms with van der Waals surface area (Å²) in [6.07, 6.45) is 0. The first-order chi connectivity index (χ1) is 11.3. The fraction of sp³-hybridized carbons (Fsp3) is 0.222. The van der Waals surface area contributed by atoms with Crippen LogP contribution in [0.4, 0.5) is 0 Å². The van der Waals surface area contributed by atoms with Gasteiger partial charge in [0.25, 0.3) is 0 Å². The fourth-order valence-corrected chi connectivity index (χ4v) is 2.13. The van der Waals surface area contributed by atoms with E-state index in [-0.39, 0.29) is 0 Å². The van der Waals surface area contributed by atoms with Gasteiger partial charge in [-0.05, 0) is 23.8 Å². The summed E-state index contributed by atoms with van der Waals surface area (Å²) in [6, 6.07) is 17.5. The second kappa shape index (κ2) is 8.44. The van der Waals surface area contributed by atoms with Crippen molar-refractivity contribution in [3.05, 3.63) is 65.2 Å². The predicted molar refractivity (Wildman–Crippen MR) is 91.2 cm³/mol. The highest BCUT2D eigenvalue weighted by molar-refractivity contribution is 5.79. The largest absolute Gasteiger partial charge is 0.496 e. The van der Waals surface area contributed by atoms with E-state index in [9.17, 15) is 0 Å². The number of aliphatic imine (C=N–C) groups is 1. The third-order valence-electron chi connectivity index (χ3n) is 3.41. The molecule has 0 atom stereocenters. The molecule has 0 saturated carbocycles. The van der Waals surface area contributed by atoms with Gasteiger partial charge in [-0.3, -0.25) is 4.99 Å². The molecule has 5 heteroatoms. The van der Waals surface area contributed by atoms with Gasteiger partial charge in [-0.2, -0.15) is 5.26 Å². The molecule has 0 heterocycles. The highest BCUT2D eigenvalue weighted by Gasteiger charge is 2.03. The van der Waals surface area contributed by atoms with Crippen LogP contribution in [0.1, 0.15) is 16.7 Å². The molecule has 5 nitrogen and oxygen atoms in total. The molecule has 0 aromatic heterocycles. The van der Waals surface area contributed by atoms with E-state index in [1.54, 1.807) is 14.2 Å². The van der Waals surface area contributed by atoms with E-state index in [2.05, 4.69) is 21.7 Å². The van der Waals surface area contributed by atoms with Crippen LogP contribution in [0.5, 0.6) is 5.75 Å². The Labute approximate surface area is 136 Å². The number of ether oxygens (including phenoxy) is 1.